The lowest BCUT2D eigenvalue weighted by Crippen LogP contribution is -2.11. The Morgan fingerprint density at radius 2 is 1.67 bits per heavy atom. The normalized spacial score (nSPS) is 10.7. The van der Waals surface area contributed by atoms with E-state index in [0.717, 1.165) is 5.56 Å². The van der Waals surface area contributed by atoms with Crippen LogP contribution in [0, 0.1) is 5.82 Å². The standard InChI is InChI=1S/C22H13FO4/c23-19-9-5-4-8-16(19)22(25)27-15-10-11-17-20(12-15)26-13-18(21(17)24)14-6-2-1-3-7-14/h1-13H. The van der Waals surface area contributed by atoms with Gasteiger partial charge in [-0.15, -0.1) is 0 Å². The van der Waals surface area contributed by atoms with Gasteiger partial charge in [0.1, 0.15) is 23.4 Å². The predicted molar refractivity (Wildman–Crippen MR) is 99.3 cm³/mol. The highest BCUT2D eigenvalue weighted by atomic mass is 19.1. The Labute approximate surface area is 153 Å². The molecule has 0 bridgehead atoms. The molecule has 132 valence electrons. The lowest BCUT2D eigenvalue weighted by Gasteiger charge is -2.07. The molecule has 0 amide bonds. The molecule has 0 atom stereocenters. The fraction of sp³-hybridized carbons (Fsp3) is 0. The van der Waals surface area contributed by atoms with Gasteiger partial charge in [0.15, 0.2) is 5.43 Å². The largest absolute Gasteiger partial charge is 0.463 e. The average Bonchev–Trinajstić information content (AvgIpc) is 2.69. The van der Waals surface area contributed by atoms with Crippen molar-refractivity contribution in [3.8, 4) is 16.9 Å². The van der Waals surface area contributed by atoms with Crippen molar-refractivity contribution in [2.24, 2.45) is 0 Å². The van der Waals surface area contributed by atoms with Crippen LogP contribution >= 0.6 is 0 Å². The Kier molecular flexibility index (Phi) is 4.26. The second kappa shape index (κ2) is 6.88. The van der Waals surface area contributed by atoms with Gasteiger partial charge in [0.2, 0.25) is 0 Å². The maximum atomic E-state index is 13.7. The summed E-state index contributed by atoms with van der Waals surface area (Å²) in [4.78, 5) is 24.8. The number of fused-ring (bicyclic) bond motifs is 1. The smallest absolute Gasteiger partial charge is 0.346 e. The number of carbonyl (C=O) groups is 1. The minimum absolute atomic E-state index is 0.159. The highest BCUT2D eigenvalue weighted by molar-refractivity contribution is 5.92. The molecule has 0 saturated carbocycles. The van der Waals surface area contributed by atoms with Crippen molar-refractivity contribution in [3.63, 3.8) is 0 Å². The molecule has 1 aromatic heterocycles. The Hall–Kier alpha value is -3.73. The van der Waals surface area contributed by atoms with Gasteiger partial charge in [0.05, 0.1) is 16.5 Å². The van der Waals surface area contributed by atoms with Gasteiger partial charge >= 0.3 is 5.97 Å². The molecular formula is C22H13FO4. The molecule has 0 aliphatic carbocycles. The van der Waals surface area contributed by atoms with Gasteiger partial charge in [0, 0.05) is 6.07 Å². The number of ether oxygens (including phenoxy) is 1. The SMILES string of the molecule is O=C(Oc1ccc2c(=O)c(-c3ccccc3)coc2c1)c1ccccc1F. The maximum Gasteiger partial charge on any atom is 0.346 e. The molecule has 0 aliphatic rings. The summed E-state index contributed by atoms with van der Waals surface area (Å²) in [5.41, 5.74) is 1.12. The summed E-state index contributed by atoms with van der Waals surface area (Å²) in [7, 11) is 0. The molecule has 4 aromatic rings. The van der Waals surface area contributed by atoms with E-state index in [1.807, 2.05) is 30.3 Å². The number of halogens is 1. The fourth-order valence-electron chi connectivity index (χ4n) is 2.78. The number of hydrogen-bond donors (Lipinski definition) is 0. The monoisotopic (exact) mass is 360 g/mol. The van der Waals surface area contributed by atoms with Crippen LogP contribution in [0.5, 0.6) is 5.75 Å². The first kappa shape index (κ1) is 16.7. The highest BCUT2D eigenvalue weighted by Crippen LogP contribution is 2.23. The van der Waals surface area contributed by atoms with Crippen molar-refractivity contribution in [3.05, 3.63) is 101 Å². The van der Waals surface area contributed by atoms with Crippen molar-refractivity contribution in [1.82, 2.24) is 0 Å². The molecule has 4 nitrogen and oxygen atoms in total. The highest BCUT2D eigenvalue weighted by Gasteiger charge is 2.15. The Morgan fingerprint density at radius 3 is 2.44 bits per heavy atom. The Balaban J connectivity index is 1.69. The molecule has 4 rings (SSSR count). The van der Waals surface area contributed by atoms with Crippen molar-refractivity contribution in [1.29, 1.82) is 0 Å². The lowest BCUT2D eigenvalue weighted by molar-refractivity contribution is 0.0730. The third kappa shape index (κ3) is 3.22. The first-order chi connectivity index (χ1) is 13.1. The summed E-state index contributed by atoms with van der Waals surface area (Å²) in [5, 5.41) is 0.363. The molecular weight excluding hydrogens is 347 g/mol. The number of benzene rings is 3. The van der Waals surface area contributed by atoms with Gasteiger partial charge in [-0.1, -0.05) is 42.5 Å². The fourth-order valence-corrected chi connectivity index (χ4v) is 2.78. The molecule has 3 aromatic carbocycles. The maximum absolute atomic E-state index is 13.7. The van der Waals surface area contributed by atoms with E-state index < -0.39 is 11.8 Å². The van der Waals surface area contributed by atoms with Crippen LogP contribution in [0.15, 0.2) is 88.3 Å². The topological polar surface area (TPSA) is 56.5 Å². The number of esters is 1. The third-order valence-corrected chi connectivity index (χ3v) is 4.14. The van der Waals surface area contributed by atoms with E-state index in [2.05, 4.69) is 0 Å². The number of hydrogen-bond acceptors (Lipinski definition) is 4. The second-order valence-corrected chi connectivity index (χ2v) is 5.87. The van der Waals surface area contributed by atoms with Gasteiger partial charge in [-0.3, -0.25) is 4.79 Å². The average molecular weight is 360 g/mol. The number of rotatable bonds is 3. The van der Waals surface area contributed by atoms with Gasteiger partial charge in [-0.05, 0) is 29.8 Å². The Bertz CT molecular complexity index is 1200. The lowest BCUT2D eigenvalue weighted by atomic mass is 10.1. The molecule has 0 fully saturated rings. The van der Waals surface area contributed by atoms with Crippen molar-refractivity contribution in [2.45, 2.75) is 0 Å². The molecule has 5 heteroatoms. The molecule has 0 aliphatic heterocycles. The molecule has 0 unspecified atom stereocenters. The van der Waals surface area contributed by atoms with Crippen LogP contribution in [0.25, 0.3) is 22.1 Å². The minimum Gasteiger partial charge on any atom is -0.463 e. The Morgan fingerprint density at radius 1 is 0.926 bits per heavy atom. The summed E-state index contributed by atoms with van der Waals surface area (Å²) in [6, 6.07) is 19.2. The predicted octanol–water partition coefficient (Wildman–Crippen LogP) is 4.82. The first-order valence-electron chi connectivity index (χ1n) is 8.21. The van der Waals surface area contributed by atoms with Crippen LogP contribution in [-0.2, 0) is 0 Å². The van der Waals surface area contributed by atoms with E-state index in [4.69, 9.17) is 9.15 Å². The molecule has 0 N–H and O–H groups in total. The molecule has 1 heterocycles. The zero-order valence-corrected chi connectivity index (χ0v) is 14.0. The van der Waals surface area contributed by atoms with Gasteiger partial charge in [-0.25, -0.2) is 9.18 Å². The van der Waals surface area contributed by atoms with E-state index in [9.17, 15) is 14.0 Å². The van der Waals surface area contributed by atoms with Crippen molar-refractivity contribution >= 4 is 16.9 Å². The zero-order chi connectivity index (χ0) is 18.8. The summed E-state index contributed by atoms with van der Waals surface area (Å²) < 4.78 is 24.5. The van der Waals surface area contributed by atoms with E-state index in [1.165, 1.54) is 42.7 Å². The van der Waals surface area contributed by atoms with Crippen LogP contribution in [0.3, 0.4) is 0 Å². The zero-order valence-electron chi connectivity index (χ0n) is 14.0. The summed E-state index contributed by atoms with van der Waals surface area (Å²) >= 11 is 0. The molecule has 27 heavy (non-hydrogen) atoms. The summed E-state index contributed by atoms with van der Waals surface area (Å²) in [6.45, 7) is 0. The van der Waals surface area contributed by atoms with Crippen molar-refractivity contribution < 1.29 is 18.3 Å². The number of carbonyl (C=O) groups excluding carboxylic acids is 1. The van der Waals surface area contributed by atoms with E-state index >= 15 is 0 Å². The third-order valence-electron chi connectivity index (χ3n) is 4.14. The molecule has 0 saturated heterocycles. The van der Waals surface area contributed by atoms with E-state index in [0.29, 0.717) is 10.9 Å². The molecule has 0 spiro atoms. The van der Waals surface area contributed by atoms with E-state index in [1.54, 1.807) is 6.07 Å². The first-order valence-corrected chi connectivity index (χ1v) is 8.21. The summed E-state index contributed by atoms with van der Waals surface area (Å²) in [5.74, 6) is -1.33. The quantitative estimate of drug-likeness (QED) is 0.388. The summed E-state index contributed by atoms with van der Waals surface area (Å²) in [6.07, 6.45) is 1.38. The molecule has 0 radical (unpaired) electrons. The van der Waals surface area contributed by atoms with Gasteiger partial charge in [0.25, 0.3) is 0 Å². The van der Waals surface area contributed by atoms with Crippen molar-refractivity contribution in [2.75, 3.05) is 0 Å². The van der Waals surface area contributed by atoms with Crippen LogP contribution < -0.4 is 10.2 Å². The van der Waals surface area contributed by atoms with Gasteiger partial charge in [-0.2, -0.15) is 0 Å². The van der Waals surface area contributed by atoms with Crippen LogP contribution in [-0.4, -0.2) is 5.97 Å². The second-order valence-electron chi connectivity index (χ2n) is 5.87. The van der Waals surface area contributed by atoms with Gasteiger partial charge < -0.3 is 9.15 Å². The van der Waals surface area contributed by atoms with Crippen LogP contribution in [0.1, 0.15) is 10.4 Å². The minimum atomic E-state index is -0.823. The van der Waals surface area contributed by atoms with E-state index in [-0.39, 0.29) is 22.3 Å². The van der Waals surface area contributed by atoms with Crippen LogP contribution in [0.2, 0.25) is 0 Å². The van der Waals surface area contributed by atoms with Crippen LogP contribution in [0.4, 0.5) is 4.39 Å².